The van der Waals surface area contributed by atoms with Gasteiger partial charge in [0.1, 0.15) is 0 Å². The lowest BCUT2D eigenvalue weighted by Gasteiger charge is -2.28. The molecule has 0 unspecified atom stereocenters. The lowest BCUT2D eigenvalue weighted by molar-refractivity contribution is 0.244. The molecule has 1 aromatic carbocycles. The van der Waals surface area contributed by atoms with Crippen molar-refractivity contribution < 1.29 is 0 Å². The van der Waals surface area contributed by atoms with Crippen molar-refractivity contribution in [3.8, 4) is 0 Å². The van der Waals surface area contributed by atoms with Crippen LogP contribution in [0.4, 0.5) is 0 Å². The van der Waals surface area contributed by atoms with E-state index < -0.39 is 0 Å². The van der Waals surface area contributed by atoms with Crippen molar-refractivity contribution >= 4 is 0 Å². The average molecular weight is 187 g/mol. The summed E-state index contributed by atoms with van der Waals surface area (Å²) < 4.78 is 0. The van der Waals surface area contributed by atoms with Gasteiger partial charge in [0.15, 0.2) is 0 Å². The summed E-state index contributed by atoms with van der Waals surface area (Å²) in [7, 11) is 0. The van der Waals surface area contributed by atoms with Gasteiger partial charge in [-0.1, -0.05) is 23.8 Å². The third-order valence-corrected chi connectivity index (χ3v) is 3.47. The summed E-state index contributed by atoms with van der Waals surface area (Å²) in [4.78, 5) is 2.65. The molecule has 0 radical (unpaired) electrons. The first-order valence-electron chi connectivity index (χ1n) is 5.65. The molecule has 0 N–H and O–H groups in total. The van der Waals surface area contributed by atoms with Crippen molar-refractivity contribution in [1.82, 2.24) is 4.90 Å². The van der Waals surface area contributed by atoms with Gasteiger partial charge in [-0.3, -0.25) is 4.90 Å². The average Bonchev–Trinajstić information content (AvgIpc) is 3.00. The van der Waals surface area contributed by atoms with Gasteiger partial charge in [0.05, 0.1) is 0 Å². The van der Waals surface area contributed by atoms with E-state index in [-0.39, 0.29) is 0 Å². The molecule has 1 heterocycles. The SMILES string of the molecule is Cc1ccc2c(c1)CCN(C1CC1)C2. The highest BCUT2D eigenvalue weighted by atomic mass is 15.2. The predicted octanol–water partition coefficient (Wildman–Crippen LogP) is 2.52. The molecule has 1 fully saturated rings. The monoisotopic (exact) mass is 187 g/mol. The molecule has 0 aromatic heterocycles. The van der Waals surface area contributed by atoms with Crippen molar-refractivity contribution in [2.75, 3.05) is 6.54 Å². The van der Waals surface area contributed by atoms with E-state index in [9.17, 15) is 0 Å². The minimum Gasteiger partial charge on any atom is -0.296 e. The third-order valence-electron chi connectivity index (χ3n) is 3.47. The molecule has 74 valence electrons. The molecule has 14 heavy (non-hydrogen) atoms. The molecule has 1 nitrogen and oxygen atoms in total. The molecule has 1 saturated carbocycles. The van der Waals surface area contributed by atoms with Crippen LogP contribution >= 0.6 is 0 Å². The van der Waals surface area contributed by atoms with Crippen LogP contribution in [0, 0.1) is 6.92 Å². The second kappa shape index (κ2) is 3.09. The molecular weight excluding hydrogens is 170 g/mol. The molecule has 0 amide bonds. The quantitative estimate of drug-likeness (QED) is 0.653. The first kappa shape index (κ1) is 8.49. The Balaban J connectivity index is 1.86. The van der Waals surface area contributed by atoms with Crippen LogP contribution in [0.15, 0.2) is 18.2 Å². The van der Waals surface area contributed by atoms with E-state index in [1.54, 1.807) is 11.1 Å². The fourth-order valence-electron chi connectivity index (χ4n) is 2.45. The van der Waals surface area contributed by atoms with E-state index in [4.69, 9.17) is 0 Å². The van der Waals surface area contributed by atoms with Gasteiger partial charge in [-0.2, -0.15) is 0 Å². The Morgan fingerprint density at radius 2 is 2.07 bits per heavy atom. The number of hydrogen-bond donors (Lipinski definition) is 0. The van der Waals surface area contributed by atoms with E-state index in [2.05, 4.69) is 30.0 Å². The van der Waals surface area contributed by atoms with Gasteiger partial charge in [-0.25, -0.2) is 0 Å². The van der Waals surface area contributed by atoms with Gasteiger partial charge < -0.3 is 0 Å². The smallest absolute Gasteiger partial charge is 0.0239 e. The van der Waals surface area contributed by atoms with Crippen LogP contribution in [0.2, 0.25) is 0 Å². The minimum atomic E-state index is 0.921. The Morgan fingerprint density at radius 3 is 2.86 bits per heavy atom. The third kappa shape index (κ3) is 1.46. The zero-order valence-corrected chi connectivity index (χ0v) is 8.79. The van der Waals surface area contributed by atoms with Crippen LogP contribution in [0.25, 0.3) is 0 Å². The highest BCUT2D eigenvalue weighted by Gasteiger charge is 2.30. The number of fused-ring (bicyclic) bond motifs is 1. The number of nitrogens with zero attached hydrogens (tertiary/aromatic N) is 1. The lowest BCUT2D eigenvalue weighted by atomic mass is 9.98. The highest BCUT2D eigenvalue weighted by molar-refractivity contribution is 5.33. The van der Waals surface area contributed by atoms with Crippen LogP contribution in [0.3, 0.4) is 0 Å². The molecule has 0 spiro atoms. The number of aryl methyl sites for hydroxylation is 1. The van der Waals surface area contributed by atoms with Gasteiger partial charge in [-0.15, -0.1) is 0 Å². The van der Waals surface area contributed by atoms with Crippen LogP contribution in [-0.2, 0) is 13.0 Å². The van der Waals surface area contributed by atoms with Crippen LogP contribution < -0.4 is 0 Å². The maximum absolute atomic E-state index is 2.65. The minimum absolute atomic E-state index is 0.921. The normalized spacial score (nSPS) is 22.1. The molecule has 0 atom stereocenters. The van der Waals surface area contributed by atoms with E-state index in [1.165, 1.54) is 37.9 Å². The van der Waals surface area contributed by atoms with Gasteiger partial charge in [0, 0.05) is 19.1 Å². The molecule has 0 bridgehead atoms. The van der Waals surface area contributed by atoms with E-state index >= 15 is 0 Å². The summed E-state index contributed by atoms with van der Waals surface area (Å²) in [5.74, 6) is 0. The zero-order valence-electron chi connectivity index (χ0n) is 8.79. The summed E-state index contributed by atoms with van der Waals surface area (Å²) in [6.07, 6.45) is 4.12. The summed E-state index contributed by atoms with van der Waals surface area (Å²) in [5, 5.41) is 0. The topological polar surface area (TPSA) is 3.24 Å². The molecule has 1 heteroatoms. The van der Waals surface area contributed by atoms with Gasteiger partial charge in [-0.05, 0) is 37.3 Å². The Morgan fingerprint density at radius 1 is 1.21 bits per heavy atom. The van der Waals surface area contributed by atoms with Gasteiger partial charge in [0.25, 0.3) is 0 Å². The summed E-state index contributed by atoms with van der Waals surface area (Å²) in [5.41, 5.74) is 4.55. The fourth-order valence-corrected chi connectivity index (χ4v) is 2.45. The second-order valence-electron chi connectivity index (χ2n) is 4.72. The van der Waals surface area contributed by atoms with Crippen LogP contribution in [0.5, 0.6) is 0 Å². The summed E-state index contributed by atoms with van der Waals surface area (Å²) in [6, 6.07) is 7.85. The van der Waals surface area contributed by atoms with Crippen molar-refractivity contribution in [2.45, 2.75) is 38.8 Å². The Kier molecular flexibility index (Phi) is 1.88. The standard InChI is InChI=1S/C13H17N/c1-10-2-3-12-9-14(13-4-5-13)7-6-11(12)8-10/h2-3,8,13H,4-7,9H2,1H3. The van der Waals surface area contributed by atoms with Crippen molar-refractivity contribution in [3.05, 3.63) is 34.9 Å². The lowest BCUT2D eigenvalue weighted by Crippen LogP contribution is -2.32. The van der Waals surface area contributed by atoms with Crippen molar-refractivity contribution in [1.29, 1.82) is 0 Å². The Hall–Kier alpha value is -0.820. The van der Waals surface area contributed by atoms with Crippen LogP contribution in [-0.4, -0.2) is 17.5 Å². The van der Waals surface area contributed by atoms with E-state index in [1.807, 2.05) is 0 Å². The molecule has 0 saturated heterocycles. The molecule has 3 rings (SSSR count). The zero-order chi connectivity index (χ0) is 9.54. The molecule has 2 aliphatic rings. The van der Waals surface area contributed by atoms with Crippen LogP contribution in [0.1, 0.15) is 29.5 Å². The highest BCUT2D eigenvalue weighted by Crippen LogP contribution is 2.31. The molecule has 1 aliphatic heterocycles. The number of benzene rings is 1. The number of hydrogen-bond acceptors (Lipinski definition) is 1. The fraction of sp³-hybridized carbons (Fsp3) is 0.538. The molecule has 1 aromatic rings. The number of rotatable bonds is 1. The Bertz CT molecular complexity index is 352. The molecular formula is C13H17N. The maximum atomic E-state index is 2.65. The van der Waals surface area contributed by atoms with Gasteiger partial charge >= 0.3 is 0 Å². The predicted molar refractivity (Wildman–Crippen MR) is 58.3 cm³/mol. The van der Waals surface area contributed by atoms with E-state index in [0.29, 0.717) is 0 Å². The second-order valence-corrected chi connectivity index (χ2v) is 4.72. The van der Waals surface area contributed by atoms with Gasteiger partial charge in [0.2, 0.25) is 0 Å². The summed E-state index contributed by atoms with van der Waals surface area (Å²) >= 11 is 0. The maximum Gasteiger partial charge on any atom is 0.0239 e. The Labute approximate surface area is 85.7 Å². The van der Waals surface area contributed by atoms with Crippen molar-refractivity contribution in [3.63, 3.8) is 0 Å². The molecule has 1 aliphatic carbocycles. The first-order chi connectivity index (χ1) is 6.83. The largest absolute Gasteiger partial charge is 0.296 e. The van der Waals surface area contributed by atoms with Crippen molar-refractivity contribution in [2.24, 2.45) is 0 Å². The summed E-state index contributed by atoms with van der Waals surface area (Å²) in [6.45, 7) is 4.66. The van der Waals surface area contributed by atoms with E-state index in [0.717, 1.165) is 6.04 Å². The first-order valence-corrected chi connectivity index (χ1v) is 5.65.